The van der Waals surface area contributed by atoms with Crippen LogP contribution in [0, 0.1) is 0 Å². The number of aromatic nitrogens is 1. The van der Waals surface area contributed by atoms with Crippen molar-refractivity contribution in [1.82, 2.24) is 9.88 Å². The molecule has 166 valence electrons. The molecular weight excluding hydrogens is 406 g/mol. The van der Waals surface area contributed by atoms with Gasteiger partial charge in [0.15, 0.2) is 5.13 Å². The van der Waals surface area contributed by atoms with Gasteiger partial charge in [-0.3, -0.25) is 9.69 Å². The molecule has 0 saturated heterocycles. The summed E-state index contributed by atoms with van der Waals surface area (Å²) in [4.78, 5) is 22.3. The van der Waals surface area contributed by atoms with E-state index in [4.69, 9.17) is 9.72 Å². The van der Waals surface area contributed by atoms with E-state index < -0.39 is 0 Å². The maximum atomic E-state index is 13.5. The number of benzene rings is 2. The first-order valence-electron chi connectivity index (χ1n) is 11.1. The largest absolute Gasteiger partial charge is 0.494 e. The van der Waals surface area contributed by atoms with E-state index in [0.717, 1.165) is 53.3 Å². The number of hydrogen-bond acceptors (Lipinski definition) is 5. The van der Waals surface area contributed by atoms with Crippen molar-refractivity contribution >= 4 is 32.6 Å². The van der Waals surface area contributed by atoms with E-state index in [-0.39, 0.29) is 5.91 Å². The molecule has 1 aromatic heterocycles. The van der Waals surface area contributed by atoms with Crippen LogP contribution in [0.3, 0.4) is 0 Å². The predicted molar refractivity (Wildman–Crippen MR) is 131 cm³/mol. The molecule has 0 atom stereocenters. The zero-order valence-corrected chi connectivity index (χ0v) is 19.9. The van der Waals surface area contributed by atoms with E-state index in [0.29, 0.717) is 18.7 Å². The van der Waals surface area contributed by atoms with Crippen molar-refractivity contribution in [2.45, 2.75) is 39.5 Å². The zero-order valence-electron chi connectivity index (χ0n) is 19.1. The highest BCUT2D eigenvalue weighted by Gasteiger charge is 2.21. The minimum atomic E-state index is -0.0329. The van der Waals surface area contributed by atoms with Crippen LogP contribution in [0.2, 0.25) is 0 Å². The Morgan fingerprint density at radius 2 is 1.90 bits per heavy atom. The number of carbonyl (C=O) groups is 1. The van der Waals surface area contributed by atoms with Gasteiger partial charge in [0.2, 0.25) is 0 Å². The van der Waals surface area contributed by atoms with Crippen molar-refractivity contribution in [3.05, 3.63) is 53.6 Å². The molecule has 0 radical (unpaired) electrons. The van der Waals surface area contributed by atoms with Crippen LogP contribution in [0.4, 0.5) is 5.13 Å². The van der Waals surface area contributed by atoms with Gasteiger partial charge in [0.25, 0.3) is 5.91 Å². The normalized spacial score (nSPS) is 11.3. The van der Waals surface area contributed by atoms with Gasteiger partial charge in [-0.05, 0) is 75.8 Å². The van der Waals surface area contributed by atoms with Crippen LogP contribution < -0.4 is 9.64 Å². The Morgan fingerprint density at radius 1 is 1.06 bits per heavy atom. The number of hydrogen-bond donors (Lipinski definition) is 0. The molecule has 6 heteroatoms. The second-order valence-corrected chi connectivity index (χ2v) is 9.00. The zero-order chi connectivity index (χ0) is 22.2. The van der Waals surface area contributed by atoms with Gasteiger partial charge >= 0.3 is 0 Å². The van der Waals surface area contributed by atoms with Gasteiger partial charge in [0.1, 0.15) is 5.75 Å². The first kappa shape index (κ1) is 23.2. The average molecular weight is 440 g/mol. The Kier molecular flexibility index (Phi) is 8.43. The lowest BCUT2D eigenvalue weighted by molar-refractivity contribution is 0.0985. The molecule has 0 aliphatic carbocycles. The van der Waals surface area contributed by atoms with Crippen molar-refractivity contribution < 1.29 is 9.53 Å². The summed E-state index contributed by atoms with van der Waals surface area (Å²) in [5.41, 5.74) is 2.86. The molecule has 0 unspecified atom stereocenters. The molecule has 31 heavy (non-hydrogen) atoms. The molecule has 1 amide bonds. The van der Waals surface area contributed by atoms with Gasteiger partial charge in [-0.1, -0.05) is 43.7 Å². The predicted octanol–water partition coefficient (Wildman–Crippen LogP) is 5.64. The van der Waals surface area contributed by atoms with Gasteiger partial charge < -0.3 is 9.64 Å². The lowest BCUT2D eigenvalue weighted by Crippen LogP contribution is -2.33. The minimum absolute atomic E-state index is 0.0329. The number of aryl methyl sites for hydroxylation is 1. The van der Waals surface area contributed by atoms with Gasteiger partial charge in [0, 0.05) is 12.1 Å². The third kappa shape index (κ3) is 6.28. The molecule has 1 heterocycles. The number of ether oxygens (including phenoxy) is 1. The van der Waals surface area contributed by atoms with E-state index in [9.17, 15) is 4.79 Å². The van der Waals surface area contributed by atoms with Crippen LogP contribution in [0.1, 0.15) is 49.0 Å². The summed E-state index contributed by atoms with van der Waals surface area (Å²) in [6, 6.07) is 13.8. The molecule has 0 spiro atoms. The number of unbranched alkanes of at least 4 members (excludes halogenated alkanes) is 1. The van der Waals surface area contributed by atoms with Crippen LogP contribution in [-0.4, -0.2) is 49.6 Å². The van der Waals surface area contributed by atoms with Crippen LogP contribution in [0.25, 0.3) is 10.2 Å². The maximum absolute atomic E-state index is 13.5. The third-order valence-electron chi connectivity index (χ3n) is 5.16. The van der Waals surface area contributed by atoms with Crippen LogP contribution >= 0.6 is 11.3 Å². The van der Waals surface area contributed by atoms with Gasteiger partial charge in [-0.2, -0.15) is 0 Å². The first-order valence-corrected chi connectivity index (χ1v) is 11.9. The molecule has 3 aromatic rings. The molecule has 0 aliphatic rings. The number of amides is 1. The van der Waals surface area contributed by atoms with Crippen LogP contribution in [0.15, 0.2) is 42.5 Å². The topological polar surface area (TPSA) is 45.7 Å². The SMILES string of the molecule is CCCCOc1cccc(C(=O)N(CCCN(C)C)c2nc3ccc(CC)cc3s2)c1. The van der Waals surface area contributed by atoms with Gasteiger partial charge in [-0.15, -0.1) is 0 Å². The standard InChI is InChI=1S/C25H33N3O2S/c1-5-7-16-30-21-11-8-10-20(18-21)24(29)28(15-9-14-27(3)4)25-26-22-13-12-19(6-2)17-23(22)31-25/h8,10-13,17-18H,5-7,9,14-16H2,1-4H3. The first-order chi connectivity index (χ1) is 15.0. The van der Waals surface area contributed by atoms with Crippen molar-refractivity contribution in [1.29, 1.82) is 0 Å². The van der Waals surface area contributed by atoms with Crippen molar-refractivity contribution in [3.8, 4) is 5.75 Å². The third-order valence-corrected chi connectivity index (χ3v) is 6.20. The van der Waals surface area contributed by atoms with Crippen LogP contribution in [-0.2, 0) is 6.42 Å². The summed E-state index contributed by atoms with van der Waals surface area (Å²) in [5, 5.41) is 0.754. The lowest BCUT2D eigenvalue weighted by atomic mass is 10.2. The average Bonchev–Trinajstić information content (AvgIpc) is 3.19. The molecular formula is C25H33N3O2S. The summed E-state index contributed by atoms with van der Waals surface area (Å²) < 4.78 is 6.94. The minimum Gasteiger partial charge on any atom is -0.494 e. The van der Waals surface area contributed by atoms with E-state index in [1.54, 1.807) is 11.3 Å². The monoisotopic (exact) mass is 439 g/mol. The number of nitrogens with zero attached hydrogens (tertiary/aromatic N) is 3. The summed E-state index contributed by atoms with van der Waals surface area (Å²) in [5.74, 6) is 0.707. The maximum Gasteiger partial charge on any atom is 0.260 e. The van der Waals surface area contributed by atoms with E-state index in [2.05, 4.69) is 36.9 Å². The number of thiazole rings is 1. The van der Waals surface area contributed by atoms with E-state index in [1.165, 1.54) is 5.56 Å². The fraction of sp³-hybridized carbons (Fsp3) is 0.440. The molecule has 0 aliphatic heterocycles. The highest BCUT2D eigenvalue weighted by molar-refractivity contribution is 7.22. The molecule has 0 fully saturated rings. The van der Waals surface area contributed by atoms with Crippen molar-refractivity contribution in [2.24, 2.45) is 0 Å². The fourth-order valence-electron chi connectivity index (χ4n) is 3.33. The number of anilines is 1. The molecule has 0 saturated carbocycles. The Morgan fingerprint density at radius 3 is 2.65 bits per heavy atom. The summed E-state index contributed by atoms with van der Waals surface area (Å²) in [7, 11) is 4.10. The quantitative estimate of drug-likeness (QED) is 0.363. The van der Waals surface area contributed by atoms with E-state index in [1.807, 2.05) is 43.3 Å². The van der Waals surface area contributed by atoms with Crippen molar-refractivity contribution in [2.75, 3.05) is 38.7 Å². The van der Waals surface area contributed by atoms with E-state index >= 15 is 0 Å². The highest BCUT2D eigenvalue weighted by Crippen LogP contribution is 2.31. The number of rotatable bonds is 11. The van der Waals surface area contributed by atoms with Crippen molar-refractivity contribution in [3.63, 3.8) is 0 Å². The fourth-order valence-corrected chi connectivity index (χ4v) is 4.38. The van der Waals surface area contributed by atoms with Gasteiger partial charge in [0.05, 0.1) is 16.8 Å². The summed E-state index contributed by atoms with van der Waals surface area (Å²) in [6.45, 7) is 6.48. The molecule has 0 bridgehead atoms. The molecule has 0 N–H and O–H groups in total. The number of carbonyl (C=O) groups excluding carboxylic acids is 1. The summed E-state index contributed by atoms with van der Waals surface area (Å²) >= 11 is 1.59. The molecule has 5 nitrogen and oxygen atoms in total. The van der Waals surface area contributed by atoms with Gasteiger partial charge in [-0.25, -0.2) is 4.98 Å². The number of fused-ring (bicyclic) bond motifs is 1. The Hall–Kier alpha value is -2.44. The Balaban J connectivity index is 1.88. The molecule has 3 rings (SSSR count). The summed E-state index contributed by atoms with van der Waals surface area (Å²) in [6.07, 6.45) is 3.94. The Bertz CT molecular complexity index is 999. The molecule has 2 aromatic carbocycles. The second kappa shape index (κ2) is 11.3. The smallest absolute Gasteiger partial charge is 0.260 e. The Labute approximate surface area is 189 Å². The highest BCUT2D eigenvalue weighted by atomic mass is 32.1. The lowest BCUT2D eigenvalue weighted by Gasteiger charge is -2.21. The van der Waals surface area contributed by atoms with Crippen LogP contribution in [0.5, 0.6) is 5.75 Å². The second-order valence-electron chi connectivity index (χ2n) is 8.00.